The molecule has 0 N–H and O–H groups in total. The summed E-state index contributed by atoms with van der Waals surface area (Å²) in [5.74, 6) is -0.310. The highest BCUT2D eigenvalue weighted by Crippen LogP contribution is 2.24. The van der Waals surface area contributed by atoms with Crippen molar-refractivity contribution in [3.8, 4) is 0 Å². The number of hydrogen-bond acceptors (Lipinski definition) is 1. The van der Waals surface area contributed by atoms with Gasteiger partial charge in [0.1, 0.15) is 0 Å². The Morgan fingerprint density at radius 1 is 1.57 bits per heavy atom. The first-order valence-corrected chi connectivity index (χ1v) is 5.16. The maximum Gasteiger partial charge on any atom is 0.281 e. The minimum Gasteiger partial charge on any atom is -0.336 e. The van der Waals surface area contributed by atoms with E-state index < -0.39 is 11.7 Å². The van der Waals surface area contributed by atoms with Crippen molar-refractivity contribution in [3.05, 3.63) is 12.4 Å². The van der Waals surface area contributed by atoms with Gasteiger partial charge in [-0.15, -0.1) is 0 Å². The Hall–Kier alpha value is -0.860. The third kappa shape index (κ3) is 2.56. The third-order valence-electron chi connectivity index (χ3n) is 2.92. The maximum atomic E-state index is 12.6. The summed E-state index contributed by atoms with van der Waals surface area (Å²) in [5.41, 5.74) is 0. The van der Waals surface area contributed by atoms with Crippen LogP contribution in [0.1, 0.15) is 26.7 Å². The second-order valence-corrected chi connectivity index (χ2v) is 4.30. The van der Waals surface area contributed by atoms with Crippen LogP contribution in [-0.4, -0.2) is 23.9 Å². The normalized spacial score (nSPS) is 22.6. The van der Waals surface area contributed by atoms with Crippen LogP contribution < -0.4 is 0 Å². The first kappa shape index (κ1) is 11.2. The average Bonchev–Trinajstić information content (AvgIpc) is 2.16. The first-order valence-electron chi connectivity index (χ1n) is 5.16. The van der Waals surface area contributed by atoms with Gasteiger partial charge in [-0.05, 0) is 24.7 Å². The fraction of sp³-hybridized carbons (Fsp3) is 0.727. The standard InChI is InChI=1S/C11H18FNO/c1-8(2)10-5-4-6-13(7-10)11(14)9(3)12/h8,10H,3-7H2,1-2H3/t10-/m1/s1. The van der Waals surface area contributed by atoms with Crippen LogP contribution in [0.4, 0.5) is 4.39 Å². The summed E-state index contributed by atoms with van der Waals surface area (Å²) >= 11 is 0. The second-order valence-electron chi connectivity index (χ2n) is 4.30. The van der Waals surface area contributed by atoms with Crippen LogP contribution in [0.25, 0.3) is 0 Å². The van der Waals surface area contributed by atoms with E-state index in [4.69, 9.17) is 0 Å². The van der Waals surface area contributed by atoms with Gasteiger partial charge in [0.05, 0.1) is 0 Å². The summed E-state index contributed by atoms with van der Waals surface area (Å²) < 4.78 is 12.6. The molecular weight excluding hydrogens is 181 g/mol. The predicted molar refractivity (Wildman–Crippen MR) is 54.4 cm³/mol. The summed E-state index contributed by atoms with van der Waals surface area (Å²) in [6.45, 7) is 8.68. The van der Waals surface area contributed by atoms with Crippen molar-refractivity contribution in [3.63, 3.8) is 0 Å². The molecule has 0 aliphatic carbocycles. The molecule has 0 saturated carbocycles. The van der Waals surface area contributed by atoms with Crippen LogP contribution in [-0.2, 0) is 4.79 Å². The third-order valence-corrected chi connectivity index (χ3v) is 2.92. The molecule has 1 atom stereocenters. The summed E-state index contributed by atoms with van der Waals surface area (Å²) in [7, 11) is 0. The van der Waals surface area contributed by atoms with E-state index in [1.807, 2.05) is 0 Å². The van der Waals surface area contributed by atoms with E-state index in [1.54, 1.807) is 4.90 Å². The molecule has 1 heterocycles. The molecule has 0 bridgehead atoms. The van der Waals surface area contributed by atoms with E-state index in [2.05, 4.69) is 20.4 Å². The molecule has 0 aromatic rings. The van der Waals surface area contributed by atoms with Crippen molar-refractivity contribution in [1.82, 2.24) is 4.90 Å². The molecule has 80 valence electrons. The van der Waals surface area contributed by atoms with E-state index in [0.29, 0.717) is 24.9 Å². The van der Waals surface area contributed by atoms with E-state index >= 15 is 0 Å². The highest BCUT2D eigenvalue weighted by atomic mass is 19.1. The smallest absolute Gasteiger partial charge is 0.281 e. The van der Waals surface area contributed by atoms with Gasteiger partial charge < -0.3 is 4.90 Å². The van der Waals surface area contributed by atoms with Crippen LogP contribution >= 0.6 is 0 Å². The highest BCUT2D eigenvalue weighted by Gasteiger charge is 2.26. The van der Waals surface area contributed by atoms with Gasteiger partial charge in [-0.25, -0.2) is 4.39 Å². The number of nitrogens with zero attached hydrogens (tertiary/aromatic N) is 1. The largest absolute Gasteiger partial charge is 0.336 e. The van der Waals surface area contributed by atoms with Crippen LogP contribution in [0.3, 0.4) is 0 Å². The Morgan fingerprint density at radius 2 is 2.21 bits per heavy atom. The molecule has 1 aliphatic heterocycles. The van der Waals surface area contributed by atoms with Crippen LogP contribution in [0.15, 0.2) is 12.4 Å². The van der Waals surface area contributed by atoms with Gasteiger partial charge in [-0.1, -0.05) is 20.4 Å². The lowest BCUT2D eigenvalue weighted by atomic mass is 9.88. The molecule has 1 rings (SSSR count). The molecule has 1 amide bonds. The number of carbonyl (C=O) groups excluding carboxylic acids is 1. The Balaban J connectivity index is 2.56. The van der Waals surface area contributed by atoms with Gasteiger partial charge in [0.25, 0.3) is 5.91 Å². The topological polar surface area (TPSA) is 20.3 Å². The number of piperidine rings is 1. The Kier molecular flexibility index (Phi) is 3.67. The molecule has 1 fully saturated rings. The summed E-state index contributed by atoms with van der Waals surface area (Å²) in [4.78, 5) is 12.9. The number of rotatable bonds is 2. The molecule has 0 spiro atoms. The molecule has 14 heavy (non-hydrogen) atoms. The molecule has 0 unspecified atom stereocenters. The van der Waals surface area contributed by atoms with Gasteiger partial charge in [-0.3, -0.25) is 4.79 Å². The van der Waals surface area contributed by atoms with E-state index in [0.717, 1.165) is 12.8 Å². The van der Waals surface area contributed by atoms with E-state index in [9.17, 15) is 9.18 Å². The molecule has 3 heteroatoms. The molecule has 0 aromatic heterocycles. The van der Waals surface area contributed by atoms with Crippen molar-refractivity contribution in [2.24, 2.45) is 11.8 Å². The molecule has 1 saturated heterocycles. The summed E-state index contributed by atoms with van der Waals surface area (Å²) in [5, 5.41) is 0. The highest BCUT2D eigenvalue weighted by molar-refractivity contribution is 5.90. The Labute approximate surface area is 84.8 Å². The van der Waals surface area contributed by atoms with Crippen LogP contribution in [0.5, 0.6) is 0 Å². The summed E-state index contributed by atoms with van der Waals surface area (Å²) in [6, 6.07) is 0. The molecule has 0 radical (unpaired) electrons. The SMILES string of the molecule is C=C(F)C(=O)N1CCC[C@@H](C(C)C)C1. The quantitative estimate of drug-likeness (QED) is 0.625. The van der Waals surface area contributed by atoms with Crippen molar-refractivity contribution in [2.45, 2.75) is 26.7 Å². The zero-order valence-corrected chi connectivity index (χ0v) is 8.92. The Morgan fingerprint density at radius 3 is 2.71 bits per heavy atom. The monoisotopic (exact) mass is 199 g/mol. The lowest BCUT2D eigenvalue weighted by Gasteiger charge is -2.34. The van der Waals surface area contributed by atoms with Crippen molar-refractivity contribution < 1.29 is 9.18 Å². The zero-order chi connectivity index (χ0) is 10.7. The zero-order valence-electron chi connectivity index (χ0n) is 8.92. The van der Waals surface area contributed by atoms with Crippen molar-refractivity contribution in [2.75, 3.05) is 13.1 Å². The number of hydrogen-bond donors (Lipinski definition) is 0. The number of likely N-dealkylation sites (tertiary alicyclic amines) is 1. The van der Waals surface area contributed by atoms with Crippen LogP contribution in [0, 0.1) is 11.8 Å². The van der Waals surface area contributed by atoms with Gasteiger partial charge >= 0.3 is 0 Å². The molecule has 2 nitrogen and oxygen atoms in total. The molecule has 0 aromatic carbocycles. The second kappa shape index (κ2) is 4.58. The fourth-order valence-electron chi connectivity index (χ4n) is 1.91. The number of amides is 1. The van der Waals surface area contributed by atoms with Gasteiger partial charge in [0, 0.05) is 13.1 Å². The minimum absolute atomic E-state index is 0.507. The van der Waals surface area contributed by atoms with Gasteiger partial charge in [-0.2, -0.15) is 0 Å². The first-order chi connectivity index (χ1) is 6.52. The Bertz CT molecular complexity index is 237. The average molecular weight is 199 g/mol. The van der Waals surface area contributed by atoms with E-state index in [-0.39, 0.29) is 0 Å². The summed E-state index contributed by atoms with van der Waals surface area (Å²) in [6.07, 6.45) is 2.11. The van der Waals surface area contributed by atoms with Crippen molar-refractivity contribution >= 4 is 5.91 Å². The van der Waals surface area contributed by atoms with Crippen LogP contribution in [0.2, 0.25) is 0 Å². The minimum atomic E-state index is -0.839. The van der Waals surface area contributed by atoms with Crippen molar-refractivity contribution in [1.29, 1.82) is 0 Å². The predicted octanol–water partition coefficient (Wildman–Crippen LogP) is 2.36. The molecular formula is C11H18FNO. The number of carbonyl (C=O) groups is 1. The number of halogens is 1. The fourth-order valence-corrected chi connectivity index (χ4v) is 1.91. The maximum absolute atomic E-state index is 12.6. The van der Waals surface area contributed by atoms with Gasteiger partial charge in [0.2, 0.25) is 0 Å². The van der Waals surface area contributed by atoms with E-state index in [1.165, 1.54) is 0 Å². The lowest BCUT2D eigenvalue weighted by Crippen LogP contribution is -2.41. The van der Waals surface area contributed by atoms with Gasteiger partial charge in [0.15, 0.2) is 5.83 Å². The lowest BCUT2D eigenvalue weighted by molar-refractivity contribution is -0.130. The molecule has 1 aliphatic rings.